The Morgan fingerprint density at radius 3 is 2.50 bits per heavy atom. The molecule has 1 amide bonds. The summed E-state index contributed by atoms with van der Waals surface area (Å²) in [7, 11) is 0. The summed E-state index contributed by atoms with van der Waals surface area (Å²) < 4.78 is 0. The van der Waals surface area contributed by atoms with Gasteiger partial charge in [0, 0.05) is 4.88 Å². The molecule has 1 unspecified atom stereocenters. The lowest BCUT2D eigenvalue weighted by Gasteiger charge is -2.10. The lowest BCUT2D eigenvalue weighted by Crippen LogP contribution is -2.25. The number of carbonyl (C=O) groups is 2. The van der Waals surface area contributed by atoms with Gasteiger partial charge in [0.2, 0.25) is 0 Å². The van der Waals surface area contributed by atoms with Crippen LogP contribution in [-0.4, -0.2) is 11.7 Å². The van der Waals surface area contributed by atoms with Crippen LogP contribution in [0.1, 0.15) is 44.1 Å². The third-order valence-corrected chi connectivity index (χ3v) is 4.73. The summed E-state index contributed by atoms with van der Waals surface area (Å²) in [6, 6.07) is 7.32. The van der Waals surface area contributed by atoms with Gasteiger partial charge in [0.15, 0.2) is 5.78 Å². The van der Waals surface area contributed by atoms with E-state index >= 15 is 0 Å². The molecule has 2 aromatic rings. The molecule has 94 valence electrons. The van der Waals surface area contributed by atoms with E-state index in [4.69, 9.17) is 0 Å². The second kappa shape index (κ2) is 5.46. The van der Waals surface area contributed by atoms with Gasteiger partial charge in [-0.1, -0.05) is 6.07 Å². The SMILES string of the molecule is CC(=O)c1ccc(C(=O)NC(C)c2cccs2)s1. The molecule has 2 rings (SSSR count). The Hall–Kier alpha value is -1.46. The average molecular weight is 279 g/mol. The molecule has 3 nitrogen and oxygen atoms in total. The van der Waals surface area contributed by atoms with Gasteiger partial charge in [0.25, 0.3) is 5.91 Å². The Morgan fingerprint density at radius 2 is 1.94 bits per heavy atom. The standard InChI is InChI=1S/C13H13NO2S2/c1-8(10-4-3-7-17-10)14-13(16)12-6-5-11(18-12)9(2)15/h3-8H,1-2H3,(H,14,16). The van der Waals surface area contributed by atoms with Crippen LogP contribution >= 0.6 is 22.7 Å². The molecule has 0 fully saturated rings. The minimum atomic E-state index is -0.131. The molecule has 1 N–H and O–H groups in total. The first-order chi connectivity index (χ1) is 8.58. The molecule has 0 bridgehead atoms. The predicted octanol–water partition coefficient (Wildman–Crippen LogP) is 3.50. The summed E-state index contributed by atoms with van der Waals surface area (Å²) >= 11 is 2.84. The van der Waals surface area contributed by atoms with Crippen molar-refractivity contribution < 1.29 is 9.59 Å². The summed E-state index contributed by atoms with van der Waals surface area (Å²) in [4.78, 5) is 25.5. The van der Waals surface area contributed by atoms with E-state index in [0.29, 0.717) is 9.75 Å². The van der Waals surface area contributed by atoms with Crippen molar-refractivity contribution in [2.24, 2.45) is 0 Å². The molecule has 18 heavy (non-hydrogen) atoms. The Kier molecular flexibility index (Phi) is 3.93. The highest BCUT2D eigenvalue weighted by Crippen LogP contribution is 2.21. The highest BCUT2D eigenvalue weighted by molar-refractivity contribution is 7.16. The van der Waals surface area contributed by atoms with Crippen LogP contribution in [0, 0.1) is 0 Å². The van der Waals surface area contributed by atoms with E-state index in [-0.39, 0.29) is 17.7 Å². The molecule has 2 heterocycles. The number of carbonyl (C=O) groups excluding carboxylic acids is 2. The summed E-state index contributed by atoms with van der Waals surface area (Å²) in [5.74, 6) is -0.140. The molecular formula is C13H13NO2S2. The van der Waals surface area contributed by atoms with E-state index in [9.17, 15) is 9.59 Å². The van der Waals surface area contributed by atoms with Gasteiger partial charge in [-0.2, -0.15) is 0 Å². The van der Waals surface area contributed by atoms with Gasteiger partial charge >= 0.3 is 0 Å². The number of hydrogen-bond donors (Lipinski definition) is 1. The molecule has 1 atom stereocenters. The molecule has 0 aliphatic carbocycles. The largest absolute Gasteiger partial charge is 0.344 e. The van der Waals surface area contributed by atoms with Crippen molar-refractivity contribution in [3.63, 3.8) is 0 Å². The maximum absolute atomic E-state index is 12.0. The monoisotopic (exact) mass is 279 g/mol. The second-order valence-corrected chi connectivity index (χ2v) is 5.99. The van der Waals surface area contributed by atoms with E-state index in [0.717, 1.165) is 4.88 Å². The van der Waals surface area contributed by atoms with Crippen LogP contribution in [-0.2, 0) is 0 Å². The maximum atomic E-state index is 12.0. The Labute approximate surface area is 113 Å². The number of rotatable bonds is 4. The molecule has 0 radical (unpaired) electrons. The predicted molar refractivity (Wildman–Crippen MR) is 74.5 cm³/mol. The quantitative estimate of drug-likeness (QED) is 0.871. The topological polar surface area (TPSA) is 46.2 Å². The molecule has 0 aliphatic heterocycles. The fourth-order valence-electron chi connectivity index (χ4n) is 1.53. The van der Waals surface area contributed by atoms with Gasteiger partial charge in [-0.05, 0) is 37.4 Å². The fourth-order valence-corrected chi connectivity index (χ4v) is 3.06. The van der Waals surface area contributed by atoms with E-state index in [1.807, 2.05) is 24.4 Å². The number of amides is 1. The number of thiophene rings is 2. The Morgan fingerprint density at radius 1 is 1.22 bits per heavy atom. The van der Waals surface area contributed by atoms with E-state index in [2.05, 4.69) is 5.32 Å². The van der Waals surface area contributed by atoms with E-state index < -0.39 is 0 Å². The molecule has 0 aliphatic rings. The van der Waals surface area contributed by atoms with Crippen molar-refractivity contribution in [2.75, 3.05) is 0 Å². The molecule has 0 saturated carbocycles. The van der Waals surface area contributed by atoms with Gasteiger partial charge in [-0.3, -0.25) is 9.59 Å². The summed E-state index contributed by atoms with van der Waals surface area (Å²) in [5.41, 5.74) is 0. The van der Waals surface area contributed by atoms with Crippen molar-refractivity contribution in [1.82, 2.24) is 5.32 Å². The summed E-state index contributed by atoms with van der Waals surface area (Å²) in [5, 5.41) is 4.90. The third kappa shape index (κ3) is 2.86. The molecule has 2 aromatic heterocycles. The summed E-state index contributed by atoms with van der Waals surface area (Å²) in [6.07, 6.45) is 0. The first kappa shape index (κ1) is 13.0. The fraction of sp³-hybridized carbons (Fsp3) is 0.231. The summed E-state index contributed by atoms with van der Waals surface area (Å²) in [6.45, 7) is 3.45. The normalized spacial score (nSPS) is 12.1. The average Bonchev–Trinajstić information content (AvgIpc) is 3.00. The molecule has 0 spiro atoms. The second-order valence-electron chi connectivity index (χ2n) is 3.93. The number of Topliss-reactive ketones (excluding diaryl/α,β-unsaturated/α-hetero) is 1. The van der Waals surface area contributed by atoms with E-state index in [1.165, 1.54) is 18.3 Å². The van der Waals surface area contributed by atoms with Crippen molar-refractivity contribution in [2.45, 2.75) is 19.9 Å². The maximum Gasteiger partial charge on any atom is 0.261 e. The lowest BCUT2D eigenvalue weighted by atomic mass is 10.2. The van der Waals surface area contributed by atoms with Gasteiger partial charge in [-0.15, -0.1) is 22.7 Å². The first-order valence-electron chi connectivity index (χ1n) is 5.53. The Bertz CT molecular complexity index is 557. The number of nitrogens with one attached hydrogen (secondary N) is 1. The van der Waals surface area contributed by atoms with Crippen LogP contribution in [0.15, 0.2) is 29.6 Å². The zero-order valence-corrected chi connectivity index (χ0v) is 11.7. The zero-order chi connectivity index (χ0) is 13.1. The van der Waals surface area contributed by atoms with Crippen molar-refractivity contribution in [3.05, 3.63) is 44.3 Å². The van der Waals surface area contributed by atoms with Gasteiger partial charge in [0.05, 0.1) is 15.8 Å². The van der Waals surface area contributed by atoms with Crippen molar-refractivity contribution in [3.8, 4) is 0 Å². The Balaban J connectivity index is 2.05. The van der Waals surface area contributed by atoms with Crippen LogP contribution in [0.5, 0.6) is 0 Å². The number of ketones is 1. The first-order valence-corrected chi connectivity index (χ1v) is 7.22. The number of hydrogen-bond acceptors (Lipinski definition) is 4. The zero-order valence-electron chi connectivity index (χ0n) is 10.1. The molecule has 5 heteroatoms. The van der Waals surface area contributed by atoms with Crippen molar-refractivity contribution >= 4 is 34.4 Å². The smallest absolute Gasteiger partial charge is 0.261 e. The van der Waals surface area contributed by atoms with Crippen LogP contribution in [0.2, 0.25) is 0 Å². The minimum Gasteiger partial charge on any atom is -0.344 e. The van der Waals surface area contributed by atoms with Crippen molar-refractivity contribution in [1.29, 1.82) is 0 Å². The van der Waals surface area contributed by atoms with Crippen LogP contribution in [0.4, 0.5) is 0 Å². The van der Waals surface area contributed by atoms with Crippen LogP contribution in [0.3, 0.4) is 0 Å². The lowest BCUT2D eigenvalue weighted by molar-refractivity contribution is 0.0944. The minimum absolute atomic E-state index is 0.00893. The van der Waals surface area contributed by atoms with Crippen LogP contribution < -0.4 is 5.32 Å². The van der Waals surface area contributed by atoms with Gasteiger partial charge < -0.3 is 5.32 Å². The highest BCUT2D eigenvalue weighted by atomic mass is 32.1. The third-order valence-electron chi connectivity index (χ3n) is 2.49. The molecule has 0 saturated heterocycles. The van der Waals surface area contributed by atoms with Crippen LogP contribution in [0.25, 0.3) is 0 Å². The van der Waals surface area contributed by atoms with Gasteiger partial charge in [0.1, 0.15) is 0 Å². The highest BCUT2D eigenvalue weighted by Gasteiger charge is 2.14. The van der Waals surface area contributed by atoms with E-state index in [1.54, 1.807) is 23.5 Å². The molecule has 0 aromatic carbocycles. The van der Waals surface area contributed by atoms with Gasteiger partial charge in [-0.25, -0.2) is 0 Å². The molecular weight excluding hydrogens is 266 g/mol.